The van der Waals surface area contributed by atoms with Crippen LogP contribution in [0.15, 0.2) is 83.8 Å². The van der Waals surface area contributed by atoms with Gasteiger partial charge < -0.3 is 10.3 Å². The van der Waals surface area contributed by atoms with E-state index in [9.17, 15) is 33.3 Å². The van der Waals surface area contributed by atoms with Gasteiger partial charge in [-0.15, -0.1) is 0 Å². The van der Waals surface area contributed by atoms with Crippen LogP contribution in [0.5, 0.6) is 0 Å². The Bertz CT molecular complexity index is 1610. The first-order valence-electron chi connectivity index (χ1n) is 11.6. The minimum Gasteiger partial charge on any atom is -0.348 e. The molecular formula is C28H20ClF2N3O5. The van der Waals surface area contributed by atoms with Gasteiger partial charge in [0.15, 0.2) is 5.78 Å². The number of aromatic nitrogens is 1. The molecule has 1 heterocycles. The van der Waals surface area contributed by atoms with E-state index in [0.717, 1.165) is 12.1 Å². The largest absolute Gasteiger partial charge is 0.348 e. The standard InChI is InChI=1S/C28H20ClF2N3O5/c29-18-5-10-24(34(38)39)22(14-18)21-11-12-32-28(37)26(21)23(13-16-1-6-19(30)7-2-16)27(36)33-15-25(35)17-3-8-20(31)9-4-17/h1-12,14,23H,13,15H2,(H,32,37)(H,33,36). The second-order valence-corrected chi connectivity index (χ2v) is 9.02. The molecule has 1 atom stereocenters. The van der Waals surface area contributed by atoms with E-state index in [-0.39, 0.29) is 39.4 Å². The van der Waals surface area contributed by atoms with Gasteiger partial charge in [-0.3, -0.25) is 24.5 Å². The fraction of sp³-hybridized carbons (Fsp3) is 0.107. The number of ketones is 1. The summed E-state index contributed by atoms with van der Waals surface area (Å²) in [6.07, 6.45) is 1.20. The first kappa shape index (κ1) is 27.3. The van der Waals surface area contributed by atoms with Crippen molar-refractivity contribution in [2.24, 2.45) is 0 Å². The third-order valence-electron chi connectivity index (χ3n) is 6.05. The van der Waals surface area contributed by atoms with Crippen LogP contribution in [0.3, 0.4) is 0 Å². The van der Waals surface area contributed by atoms with Gasteiger partial charge in [-0.2, -0.15) is 0 Å². The number of nitrogens with zero attached hydrogens (tertiary/aromatic N) is 1. The lowest BCUT2D eigenvalue weighted by atomic mass is 9.86. The maximum atomic E-state index is 13.5. The summed E-state index contributed by atoms with van der Waals surface area (Å²) in [5.74, 6) is -3.50. The molecule has 1 aromatic heterocycles. The molecule has 39 heavy (non-hydrogen) atoms. The molecule has 0 aliphatic carbocycles. The Kier molecular flexibility index (Phi) is 8.26. The van der Waals surface area contributed by atoms with Crippen molar-refractivity contribution in [2.45, 2.75) is 12.3 Å². The predicted molar refractivity (Wildman–Crippen MR) is 141 cm³/mol. The average molecular weight is 552 g/mol. The molecule has 11 heteroatoms. The molecule has 0 aliphatic rings. The summed E-state index contributed by atoms with van der Waals surface area (Å²) < 4.78 is 26.8. The third kappa shape index (κ3) is 6.42. The normalized spacial score (nSPS) is 11.6. The van der Waals surface area contributed by atoms with E-state index in [0.29, 0.717) is 5.56 Å². The molecule has 198 valence electrons. The maximum Gasteiger partial charge on any atom is 0.277 e. The predicted octanol–water partition coefficient (Wildman–Crippen LogP) is 5.21. The van der Waals surface area contributed by atoms with Gasteiger partial charge in [0.2, 0.25) is 5.91 Å². The number of nitrogens with one attached hydrogen (secondary N) is 2. The average Bonchev–Trinajstić information content (AvgIpc) is 2.91. The van der Waals surface area contributed by atoms with Crippen LogP contribution in [0.25, 0.3) is 11.1 Å². The Labute approximate surface area is 225 Å². The summed E-state index contributed by atoms with van der Waals surface area (Å²) >= 11 is 6.12. The van der Waals surface area contributed by atoms with E-state index in [1.807, 2.05) is 0 Å². The number of hydrogen-bond acceptors (Lipinski definition) is 5. The van der Waals surface area contributed by atoms with Crippen molar-refractivity contribution in [3.8, 4) is 11.1 Å². The molecule has 0 spiro atoms. The van der Waals surface area contributed by atoms with Gasteiger partial charge >= 0.3 is 0 Å². The highest BCUT2D eigenvalue weighted by Crippen LogP contribution is 2.36. The number of Topliss-reactive ketones (excluding diaryl/α,β-unsaturated/α-hetero) is 1. The van der Waals surface area contributed by atoms with E-state index in [1.165, 1.54) is 66.9 Å². The first-order valence-corrected chi connectivity index (χ1v) is 12.0. The summed E-state index contributed by atoms with van der Waals surface area (Å²) in [6, 6.07) is 15.3. The molecule has 4 aromatic rings. The van der Waals surface area contributed by atoms with Gasteiger partial charge in [0.05, 0.1) is 22.9 Å². The monoisotopic (exact) mass is 551 g/mol. The maximum absolute atomic E-state index is 13.5. The number of rotatable bonds is 9. The fourth-order valence-electron chi connectivity index (χ4n) is 4.17. The van der Waals surface area contributed by atoms with Crippen LogP contribution < -0.4 is 10.9 Å². The van der Waals surface area contributed by atoms with Gasteiger partial charge in [-0.1, -0.05) is 23.7 Å². The van der Waals surface area contributed by atoms with Gasteiger partial charge in [0, 0.05) is 28.4 Å². The number of carbonyl (C=O) groups excluding carboxylic acids is 2. The molecule has 0 radical (unpaired) electrons. The number of nitro benzene ring substituents is 1. The van der Waals surface area contributed by atoms with Crippen LogP contribution in [0.1, 0.15) is 27.4 Å². The van der Waals surface area contributed by atoms with Gasteiger partial charge in [0.25, 0.3) is 11.2 Å². The number of aromatic amines is 1. The van der Waals surface area contributed by atoms with E-state index in [4.69, 9.17) is 11.6 Å². The van der Waals surface area contributed by atoms with E-state index >= 15 is 0 Å². The molecule has 1 unspecified atom stereocenters. The molecule has 8 nitrogen and oxygen atoms in total. The Morgan fingerprint density at radius 1 is 0.949 bits per heavy atom. The highest BCUT2D eigenvalue weighted by atomic mass is 35.5. The van der Waals surface area contributed by atoms with Crippen molar-refractivity contribution in [2.75, 3.05) is 6.54 Å². The number of nitro groups is 1. The number of H-pyrrole nitrogens is 1. The Hall–Kier alpha value is -4.70. The van der Waals surface area contributed by atoms with Crippen molar-refractivity contribution in [1.82, 2.24) is 10.3 Å². The smallest absolute Gasteiger partial charge is 0.277 e. The molecule has 3 aromatic carbocycles. The minimum atomic E-state index is -1.24. The number of carbonyl (C=O) groups is 2. The second kappa shape index (κ2) is 11.8. The zero-order chi connectivity index (χ0) is 28.1. The molecular weight excluding hydrogens is 532 g/mol. The molecule has 0 fully saturated rings. The first-order chi connectivity index (χ1) is 18.6. The lowest BCUT2D eigenvalue weighted by Gasteiger charge is -2.20. The summed E-state index contributed by atoms with van der Waals surface area (Å²) in [4.78, 5) is 52.9. The summed E-state index contributed by atoms with van der Waals surface area (Å²) in [7, 11) is 0. The van der Waals surface area contributed by atoms with Crippen LogP contribution in [0.4, 0.5) is 14.5 Å². The Morgan fingerprint density at radius 2 is 1.59 bits per heavy atom. The van der Waals surface area contributed by atoms with Crippen LogP contribution in [-0.4, -0.2) is 28.1 Å². The van der Waals surface area contributed by atoms with E-state index in [1.54, 1.807) is 0 Å². The highest BCUT2D eigenvalue weighted by Gasteiger charge is 2.30. The summed E-state index contributed by atoms with van der Waals surface area (Å²) in [5.41, 5.74) is -0.338. The summed E-state index contributed by atoms with van der Waals surface area (Å²) in [6.45, 7) is -0.457. The number of halogens is 3. The summed E-state index contributed by atoms with van der Waals surface area (Å²) in [5, 5.41) is 14.4. The van der Waals surface area contributed by atoms with Crippen LogP contribution >= 0.6 is 11.6 Å². The van der Waals surface area contributed by atoms with Crippen molar-refractivity contribution in [3.63, 3.8) is 0 Å². The van der Waals surface area contributed by atoms with Gasteiger partial charge in [-0.05, 0) is 72.1 Å². The van der Waals surface area contributed by atoms with Crippen LogP contribution in [0, 0.1) is 21.7 Å². The zero-order valence-corrected chi connectivity index (χ0v) is 20.9. The number of amides is 1. The number of hydrogen-bond donors (Lipinski definition) is 2. The molecule has 4 rings (SSSR count). The van der Waals surface area contributed by atoms with Crippen molar-refractivity contribution < 1.29 is 23.3 Å². The van der Waals surface area contributed by atoms with Crippen LogP contribution in [-0.2, 0) is 11.2 Å². The lowest BCUT2D eigenvalue weighted by Crippen LogP contribution is -2.37. The molecule has 0 bridgehead atoms. The molecule has 0 aliphatic heterocycles. The Balaban J connectivity index is 1.77. The lowest BCUT2D eigenvalue weighted by molar-refractivity contribution is -0.384. The van der Waals surface area contributed by atoms with Crippen molar-refractivity contribution in [1.29, 1.82) is 0 Å². The molecule has 0 saturated heterocycles. The number of benzene rings is 3. The molecule has 0 saturated carbocycles. The Morgan fingerprint density at radius 3 is 2.23 bits per heavy atom. The fourth-order valence-corrected chi connectivity index (χ4v) is 4.34. The van der Waals surface area contributed by atoms with E-state index < -0.39 is 46.3 Å². The second-order valence-electron chi connectivity index (χ2n) is 8.58. The van der Waals surface area contributed by atoms with E-state index in [2.05, 4.69) is 10.3 Å². The van der Waals surface area contributed by atoms with Crippen LogP contribution in [0.2, 0.25) is 5.02 Å². The van der Waals surface area contributed by atoms with Crippen molar-refractivity contribution in [3.05, 3.63) is 133 Å². The van der Waals surface area contributed by atoms with Gasteiger partial charge in [0.1, 0.15) is 11.6 Å². The molecule has 1 amide bonds. The minimum absolute atomic E-state index is 0.0212. The SMILES string of the molecule is O=C(CNC(=O)C(Cc1ccc(F)cc1)c1c(-c2cc(Cl)ccc2[N+](=O)[O-])cc[nH]c1=O)c1ccc(F)cc1. The zero-order valence-electron chi connectivity index (χ0n) is 20.1. The molecule has 2 N–H and O–H groups in total. The van der Waals surface area contributed by atoms with Crippen molar-refractivity contribution >= 4 is 29.0 Å². The topological polar surface area (TPSA) is 122 Å². The van der Waals surface area contributed by atoms with Gasteiger partial charge in [-0.25, -0.2) is 8.78 Å². The third-order valence-corrected chi connectivity index (χ3v) is 6.29. The number of pyridine rings is 1. The quantitative estimate of drug-likeness (QED) is 0.168. The highest BCUT2D eigenvalue weighted by molar-refractivity contribution is 6.31.